The number of fused-ring (bicyclic) bond motifs is 3. The smallest absolute Gasteiger partial charge is 0.151 e. The van der Waals surface area contributed by atoms with E-state index in [9.17, 15) is 0 Å². The van der Waals surface area contributed by atoms with Gasteiger partial charge in [-0.15, -0.1) is 0 Å². The molecule has 2 saturated carbocycles. The van der Waals surface area contributed by atoms with Crippen LogP contribution in [0.3, 0.4) is 0 Å². The Morgan fingerprint density at radius 2 is 2.05 bits per heavy atom. The van der Waals surface area contributed by atoms with Crippen molar-refractivity contribution in [2.45, 2.75) is 84.7 Å². The molecule has 194 valence electrons. The van der Waals surface area contributed by atoms with Crippen LogP contribution in [0.5, 0.6) is 0 Å². The van der Waals surface area contributed by atoms with Crippen molar-refractivity contribution >= 4 is 11.5 Å². The maximum Gasteiger partial charge on any atom is 0.151 e. The highest BCUT2D eigenvalue weighted by atomic mass is 15.2. The number of benzene rings is 1. The van der Waals surface area contributed by atoms with Gasteiger partial charge in [0.15, 0.2) is 5.84 Å². The summed E-state index contributed by atoms with van der Waals surface area (Å²) in [7, 11) is 0. The maximum atomic E-state index is 5.16. The molecular formula is C34H43N3. The summed E-state index contributed by atoms with van der Waals surface area (Å²) in [5.74, 6) is 3.19. The molecule has 0 amide bonds. The van der Waals surface area contributed by atoms with E-state index in [0.717, 1.165) is 48.2 Å². The monoisotopic (exact) mass is 493 g/mol. The summed E-state index contributed by atoms with van der Waals surface area (Å²) in [4.78, 5) is 13.0. The second-order valence-electron chi connectivity index (χ2n) is 12.4. The van der Waals surface area contributed by atoms with Crippen LogP contribution in [0.15, 0.2) is 75.3 Å². The predicted molar refractivity (Wildman–Crippen MR) is 157 cm³/mol. The van der Waals surface area contributed by atoms with Crippen molar-refractivity contribution in [2.75, 3.05) is 13.1 Å². The van der Waals surface area contributed by atoms with Crippen molar-refractivity contribution in [1.29, 1.82) is 0 Å². The van der Waals surface area contributed by atoms with Crippen LogP contribution < -0.4 is 0 Å². The van der Waals surface area contributed by atoms with Crippen molar-refractivity contribution in [3.05, 3.63) is 82.0 Å². The van der Waals surface area contributed by atoms with Gasteiger partial charge < -0.3 is 0 Å². The van der Waals surface area contributed by atoms with Crippen molar-refractivity contribution in [3.8, 4) is 0 Å². The fraction of sp³-hybridized carbons (Fsp3) is 0.529. The lowest BCUT2D eigenvalue weighted by atomic mass is 9.75. The van der Waals surface area contributed by atoms with E-state index < -0.39 is 0 Å². The number of allylic oxidation sites excluding steroid dienone is 4. The molecule has 2 aliphatic heterocycles. The number of hydrogen-bond acceptors (Lipinski definition) is 3. The average Bonchev–Trinajstić information content (AvgIpc) is 3.53. The Bertz CT molecular complexity index is 1250. The minimum Gasteiger partial charge on any atom is -0.293 e. The Labute approximate surface area is 223 Å². The second kappa shape index (κ2) is 9.98. The van der Waals surface area contributed by atoms with Crippen LogP contribution in [0, 0.1) is 24.7 Å². The van der Waals surface area contributed by atoms with E-state index >= 15 is 0 Å². The van der Waals surface area contributed by atoms with Crippen LogP contribution in [-0.4, -0.2) is 41.6 Å². The first-order valence-corrected chi connectivity index (χ1v) is 14.7. The zero-order valence-electron chi connectivity index (χ0n) is 23.3. The minimum atomic E-state index is 0.579. The highest BCUT2D eigenvalue weighted by Gasteiger charge is 2.49. The van der Waals surface area contributed by atoms with Crippen molar-refractivity contribution in [1.82, 2.24) is 4.90 Å². The summed E-state index contributed by atoms with van der Waals surface area (Å²) in [6.45, 7) is 15.2. The summed E-state index contributed by atoms with van der Waals surface area (Å²) < 4.78 is 0. The molecule has 1 saturated heterocycles. The molecule has 3 nitrogen and oxygen atoms in total. The Kier molecular flexibility index (Phi) is 6.69. The Hall–Kier alpha value is -2.52. The van der Waals surface area contributed by atoms with Crippen LogP contribution in [0.25, 0.3) is 0 Å². The lowest BCUT2D eigenvalue weighted by Crippen LogP contribution is -2.48. The van der Waals surface area contributed by atoms with Crippen molar-refractivity contribution in [3.63, 3.8) is 0 Å². The van der Waals surface area contributed by atoms with Gasteiger partial charge in [0, 0.05) is 17.7 Å². The van der Waals surface area contributed by atoms with Gasteiger partial charge in [0.2, 0.25) is 0 Å². The molecule has 0 radical (unpaired) electrons. The Balaban J connectivity index is 1.23. The second-order valence-corrected chi connectivity index (χ2v) is 12.4. The molecule has 37 heavy (non-hydrogen) atoms. The first-order chi connectivity index (χ1) is 17.9. The summed E-state index contributed by atoms with van der Waals surface area (Å²) in [5.41, 5.74) is 11.1. The molecule has 3 atom stereocenters. The molecule has 2 heterocycles. The van der Waals surface area contributed by atoms with Crippen LogP contribution in [0.2, 0.25) is 0 Å². The number of aryl methyl sites for hydroxylation is 1. The molecule has 1 aromatic carbocycles. The first-order valence-electron chi connectivity index (χ1n) is 14.7. The van der Waals surface area contributed by atoms with Crippen molar-refractivity contribution < 1.29 is 0 Å². The van der Waals surface area contributed by atoms with Gasteiger partial charge in [-0.3, -0.25) is 9.89 Å². The summed E-state index contributed by atoms with van der Waals surface area (Å²) >= 11 is 0. The normalized spacial score (nSPS) is 29.8. The molecule has 3 aliphatic carbocycles. The van der Waals surface area contributed by atoms with Crippen LogP contribution >= 0.6 is 0 Å². The summed E-state index contributed by atoms with van der Waals surface area (Å²) in [5, 5.41) is 0. The van der Waals surface area contributed by atoms with E-state index in [1.54, 1.807) is 11.1 Å². The zero-order valence-corrected chi connectivity index (χ0v) is 23.3. The van der Waals surface area contributed by atoms with Crippen molar-refractivity contribution in [2.24, 2.45) is 27.7 Å². The fourth-order valence-electron chi connectivity index (χ4n) is 7.25. The average molecular weight is 494 g/mol. The van der Waals surface area contributed by atoms with E-state index in [1.165, 1.54) is 66.5 Å². The molecule has 0 N–H and O–H groups in total. The molecule has 6 rings (SSSR count). The molecule has 0 bridgehead atoms. The van der Waals surface area contributed by atoms with Gasteiger partial charge in [-0.1, -0.05) is 62.8 Å². The van der Waals surface area contributed by atoms with Crippen LogP contribution in [0.1, 0.15) is 76.0 Å². The number of rotatable bonds is 7. The molecule has 1 aromatic rings. The van der Waals surface area contributed by atoms with E-state index in [4.69, 9.17) is 9.98 Å². The van der Waals surface area contributed by atoms with Gasteiger partial charge in [-0.2, -0.15) is 0 Å². The molecule has 5 aliphatic rings. The Morgan fingerprint density at radius 1 is 1.22 bits per heavy atom. The lowest BCUT2D eigenvalue weighted by Gasteiger charge is -2.44. The highest BCUT2D eigenvalue weighted by Crippen LogP contribution is 2.51. The number of hydrogen-bond donors (Lipinski definition) is 0. The van der Waals surface area contributed by atoms with Gasteiger partial charge in [0.25, 0.3) is 0 Å². The van der Waals surface area contributed by atoms with E-state index in [0.29, 0.717) is 12.6 Å². The van der Waals surface area contributed by atoms with Crippen LogP contribution in [-0.2, 0) is 6.42 Å². The molecule has 0 spiro atoms. The summed E-state index contributed by atoms with van der Waals surface area (Å²) in [6, 6.07) is 8.23. The SMILES string of the molecule is C=C(C)C1CC(N2CC[C@@H]3CC4=C(C5=NCC(c6ccc(CC(C)CC)c(C)c6)=N5)CC=CC=C4[C@@H]32)C1. The maximum absolute atomic E-state index is 5.16. The molecule has 0 aromatic heterocycles. The topological polar surface area (TPSA) is 28.0 Å². The van der Waals surface area contributed by atoms with E-state index in [1.807, 2.05) is 0 Å². The zero-order chi connectivity index (χ0) is 25.7. The third kappa shape index (κ3) is 4.54. The van der Waals surface area contributed by atoms with Gasteiger partial charge >= 0.3 is 0 Å². The van der Waals surface area contributed by atoms with E-state index in [2.05, 4.69) is 75.6 Å². The van der Waals surface area contributed by atoms with E-state index in [-0.39, 0.29) is 0 Å². The van der Waals surface area contributed by atoms with Gasteiger partial charge in [-0.25, -0.2) is 4.99 Å². The molecule has 3 heteroatoms. The predicted octanol–water partition coefficient (Wildman–Crippen LogP) is 7.42. The lowest BCUT2D eigenvalue weighted by molar-refractivity contribution is 0.0905. The van der Waals surface area contributed by atoms with Crippen LogP contribution in [0.4, 0.5) is 0 Å². The van der Waals surface area contributed by atoms with Gasteiger partial charge in [0.05, 0.1) is 12.3 Å². The first kappa shape index (κ1) is 24.8. The third-order valence-corrected chi connectivity index (χ3v) is 9.90. The third-order valence-electron chi connectivity index (χ3n) is 9.90. The number of amidine groups is 1. The Morgan fingerprint density at radius 3 is 2.81 bits per heavy atom. The molecule has 3 fully saturated rings. The highest BCUT2D eigenvalue weighted by molar-refractivity contribution is 6.17. The minimum absolute atomic E-state index is 0.579. The largest absolute Gasteiger partial charge is 0.293 e. The molecule has 1 unspecified atom stereocenters. The summed E-state index contributed by atoms with van der Waals surface area (Å²) in [6.07, 6.45) is 15.4. The fourth-order valence-corrected chi connectivity index (χ4v) is 7.25. The van der Waals surface area contributed by atoms with Gasteiger partial charge in [-0.05, 0) is 111 Å². The van der Waals surface area contributed by atoms with Gasteiger partial charge in [0.1, 0.15) is 0 Å². The number of nitrogens with zero attached hydrogens (tertiary/aromatic N) is 3. The quantitative estimate of drug-likeness (QED) is 0.363. The standard InChI is InChI=1S/C34H43N3/c1-6-22(4)15-24-11-12-25(16-23(24)5)32-20-35-34(36-32)30-10-8-7-9-29-31(30)19-26-13-14-37(33(26)29)28-17-27(18-28)21(2)3/h7-9,11-12,16,22,26-28,33H,2,6,10,13-15,17-20H2,1,3-5H3/t22?,26-,27?,28?,33-/m1/s1. The number of likely N-dealkylation sites (tertiary alicyclic amines) is 1. The number of aliphatic imine (C=N–C) groups is 2. The molecular weight excluding hydrogens is 450 g/mol.